The van der Waals surface area contributed by atoms with E-state index in [9.17, 15) is 0 Å². The third-order valence-electron chi connectivity index (χ3n) is 3.38. The molecule has 0 unspecified atom stereocenters. The molecule has 17 heavy (non-hydrogen) atoms. The minimum atomic E-state index is 0.117. The van der Waals surface area contributed by atoms with Gasteiger partial charge in [0.05, 0.1) is 5.02 Å². The number of benzene rings is 1. The largest absolute Gasteiger partial charge is 0.361 e. The minimum Gasteiger partial charge on any atom is -0.361 e. The predicted octanol–water partition coefficient (Wildman–Crippen LogP) is 3.71. The van der Waals surface area contributed by atoms with Crippen molar-refractivity contribution in [1.82, 2.24) is 10.3 Å². The number of rotatable bonds is 4. The number of nitrogens with one attached hydrogen (secondary N) is 2. The highest BCUT2D eigenvalue weighted by atomic mass is 35.5. The Labute approximate surface area is 107 Å². The van der Waals surface area contributed by atoms with Crippen LogP contribution in [0.2, 0.25) is 5.02 Å². The molecule has 0 saturated heterocycles. The predicted molar refractivity (Wildman–Crippen MR) is 74.9 cm³/mol. The van der Waals surface area contributed by atoms with Crippen LogP contribution in [0, 0.1) is 0 Å². The highest BCUT2D eigenvalue weighted by Gasteiger charge is 2.24. The first-order valence-corrected chi connectivity index (χ1v) is 6.35. The van der Waals surface area contributed by atoms with E-state index in [1.807, 2.05) is 19.2 Å². The number of H-pyrrole nitrogens is 1. The van der Waals surface area contributed by atoms with Gasteiger partial charge in [0.15, 0.2) is 0 Å². The Bertz CT molecular complexity index is 514. The van der Waals surface area contributed by atoms with E-state index in [1.165, 1.54) is 5.56 Å². The van der Waals surface area contributed by atoms with Crippen molar-refractivity contribution >= 4 is 22.5 Å². The van der Waals surface area contributed by atoms with Crippen LogP contribution in [0.25, 0.3) is 10.9 Å². The fourth-order valence-corrected chi connectivity index (χ4v) is 2.52. The van der Waals surface area contributed by atoms with Gasteiger partial charge in [0, 0.05) is 17.1 Å². The van der Waals surface area contributed by atoms with Crippen LogP contribution in [-0.2, 0) is 5.41 Å². The summed E-state index contributed by atoms with van der Waals surface area (Å²) in [7, 11) is 1.98. The molecule has 2 aromatic rings. The normalized spacial score (nSPS) is 12.2. The van der Waals surface area contributed by atoms with Crippen molar-refractivity contribution in [1.29, 1.82) is 0 Å². The maximum Gasteiger partial charge on any atom is 0.0502 e. The minimum absolute atomic E-state index is 0.117. The van der Waals surface area contributed by atoms with E-state index in [-0.39, 0.29) is 5.41 Å². The van der Waals surface area contributed by atoms with Gasteiger partial charge in [0.1, 0.15) is 0 Å². The first-order chi connectivity index (χ1) is 8.06. The van der Waals surface area contributed by atoms with E-state index in [0.717, 1.165) is 28.9 Å². The van der Waals surface area contributed by atoms with Crippen molar-refractivity contribution in [3.05, 3.63) is 35.0 Å². The van der Waals surface area contributed by atoms with Crippen LogP contribution in [0.1, 0.15) is 25.8 Å². The zero-order valence-electron chi connectivity index (χ0n) is 10.6. The molecule has 0 amide bonds. The maximum atomic E-state index is 6.31. The van der Waals surface area contributed by atoms with Gasteiger partial charge in [-0.15, -0.1) is 0 Å². The monoisotopic (exact) mass is 250 g/mol. The number of hydrogen-bond donors (Lipinski definition) is 2. The summed E-state index contributed by atoms with van der Waals surface area (Å²) < 4.78 is 0. The topological polar surface area (TPSA) is 27.8 Å². The van der Waals surface area contributed by atoms with Crippen LogP contribution < -0.4 is 5.32 Å². The SMILES string of the molecule is CNCCC(C)(C)c1c[nH]c2cccc(Cl)c12. The van der Waals surface area contributed by atoms with Crippen LogP contribution in [-0.4, -0.2) is 18.6 Å². The fraction of sp³-hybridized carbons (Fsp3) is 0.429. The number of hydrogen-bond acceptors (Lipinski definition) is 1. The molecule has 0 aliphatic heterocycles. The van der Waals surface area contributed by atoms with Gasteiger partial charge in [0.2, 0.25) is 0 Å². The lowest BCUT2D eigenvalue weighted by atomic mass is 9.81. The molecule has 0 spiro atoms. The number of aromatic nitrogens is 1. The van der Waals surface area contributed by atoms with Gasteiger partial charge in [-0.3, -0.25) is 0 Å². The third kappa shape index (κ3) is 2.33. The van der Waals surface area contributed by atoms with Gasteiger partial charge in [-0.1, -0.05) is 31.5 Å². The van der Waals surface area contributed by atoms with E-state index in [0.29, 0.717) is 0 Å². The standard InChI is InChI=1S/C14H19ClN2/c1-14(2,7-8-16-3)10-9-17-12-6-4-5-11(15)13(10)12/h4-6,9,16-17H,7-8H2,1-3H3. The second-order valence-corrected chi connectivity index (χ2v) is 5.51. The first-order valence-electron chi connectivity index (χ1n) is 5.97. The summed E-state index contributed by atoms with van der Waals surface area (Å²) >= 11 is 6.31. The molecule has 2 N–H and O–H groups in total. The zero-order valence-corrected chi connectivity index (χ0v) is 11.4. The van der Waals surface area contributed by atoms with Crippen molar-refractivity contribution in [2.45, 2.75) is 25.7 Å². The molecular weight excluding hydrogens is 232 g/mol. The molecular formula is C14H19ClN2. The van der Waals surface area contributed by atoms with Gasteiger partial charge >= 0.3 is 0 Å². The van der Waals surface area contributed by atoms with Crippen molar-refractivity contribution in [2.75, 3.05) is 13.6 Å². The summed E-state index contributed by atoms with van der Waals surface area (Å²) in [5.74, 6) is 0. The van der Waals surface area contributed by atoms with Crippen LogP contribution in [0.15, 0.2) is 24.4 Å². The molecule has 2 nitrogen and oxygen atoms in total. The van der Waals surface area contributed by atoms with Crippen molar-refractivity contribution < 1.29 is 0 Å². The first kappa shape index (κ1) is 12.5. The van der Waals surface area contributed by atoms with Gasteiger partial charge in [-0.2, -0.15) is 0 Å². The highest BCUT2D eigenvalue weighted by molar-refractivity contribution is 6.35. The number of aromatic amines is 1. The molecule has 0 fully saturated rings. The quantitative estimate of drug-likeness (QED) is 0.851. The summed E-state index contributed by atoms with van der Waals surface area (Å²) in [5, 5.41) is 5.20. The molecule has 0 aliphatic rings. The van der Waals surface area contributed by atoms with Crippen molar-refractivity contribution in [3.8, 4) is 0 Å². The molecule has 1 aromatic carbocycles. The molecule has 0 aliphatic carbocycles. The van der Waals surface area contributed by atoms with Crippen LogP contribution in [0.4, 0.5) is 0 Å². The molecule has 0 saturated carbocycles. The van der Waals surface area contributed by atoms with Crippen LogP contribution in [0.3, 0.4) is 0 Å². The average Bonchev–Trinajstić information content (AvgIpc) is 2.72. The highest BCUT2D eigenvalue weighted by Crippen LogP contribution is 2.36. The molecule has 0 bridgehead atoms. The Balaban J connectivity index is 2.48. The third-order valence-corrected chi connectivity index (χ3v) is 3.70. The van der Waals surface area contributed by atoms with E-state index < -0.39 is 0 Å². The number of fused-ring (bicyclic) bond motifs is 1. The Hall–Kier alpha value is -0.990. The second kappa shape index (κ2) is 4.71. The summed E-state index contributed by atoms with van der Waals surface area (Å²) in [5.41, 5.74) is 2.53. The molecule has 1 aromatic heterocycles. The van der Waals surface area contributed by atoms with E-state index in [2.05, 4.69) is 36.4 Å². The average molecular weight is 251 g/mol. The van der Waals surface area contributed by atoms with Crippen molar-refractivity contribution in [3.63, 3.8) is 0 Å². The van der Waals surface area contributed by atoms with E-state index >= 15 is 0 Å². The second-order valence-electron chi connectivity index (χ2n) is 5.10. The van der Waals surface area contributed by atoms with Crippen LogP contribution in [0.5, 0.6) is 0 Å². The smallest absolute Gasteiger partial charge is 0.0502 e. The summed E-state index contributed by atoms with van der Waals surface area (Å²) in [6, 6.07) is 6.00. The summed E-state index contributed by atoms with van der Waals surface area (Å²) in [4.78, 5) is 3.31. The Morgan fingerprint density at radius 1 is 1.35 bits per heavy atom. The molecule has 92 valence electrons. The van der Waals surface area contributed by atoms with E-state index in [4.69, 9.17) is 11.6 Å². The molecule has 0 radical (unpaired) electrons. The van der Waals surface area contributed by atoms with Gasteiger partial charge in [-0.05, 0) is 43.1 Å². The fourth-order valence-electron chi connectivity index (χ4n) is 2.25. The summed E-state index contributed by atoms with van der Waals surface area (Å²) in [6.07, 6.45) is 3.17. The molecule has 3 heteroatoms. The lowest BCUT2D eigenvalue weighted by Crippen LogP contribution is -2.23. The molecule has 0 atom stereocenters. The molecule has 1 heterocycles. The Morgan fingerprint density at radius 2 is 2.12 bits per heavy atom. The summed E-state index contributed by atoms with van der Waals surface area (Å²) in [6.45, 7) is 5.52. The van der Waals surface area contributed by atoms with E-state index in [1.54, 1.807) is 0 Å². The lowest BCUT2D eigenvalue weighted by Gasteiger charge is -2.24. The van der Waals surface area contributed by atoms with Crippen LogP contribution >= 0.6 is 11.6 Å². The Kier molecular flexibility index (Phi) is 3.45. The van der Waals surface area contributed by atoms with Gasteiger partial charge in [-0.25, -0.2) is 0 Å². The lowest BCUT2D eigenvalue weighted by molar-refractivity contribution is 0.472. The zero-order chi connectivity index (χ0) is 12.5. The van der Waals surface area contributed by atoms with Gasteiger partial charge in [0.25, 0.3) is 0 Å². The van der Waals surface area contributed by atoms with Gasteiger partial charge < -0.3 is 10.3 Å². The number of halogens is 1. The molecule has 2 rings (SSSR count). The maximum absolute atomic E-state index is 6.31. The van der Waals surface area contributed by atoms with Crippen molar-refractivity contribution in [2.24, 2.45) is 0 Å². The Morgan fingerprint density at radius 3 is 2.82 bits per heavy atom.